The second-order valence-electron chi connectivity index (χ2n) is 4.13. The van der Waals surface area contributed by atoms with Crippen LogP contribution in [0.1, 0.15) is 22.9 Å². The average molecular weight is 349 g/mol. The summed E-state index contributed by atoms with van der Waals surface area (Å²) in [5.74, 6) is 1.09. The molecule has 2 nitrogen and oxygen atoms in total. The van der Waals surface area contributed by atoms with Gasteiger partial charge in [-0.2, -0.15) is 0 Å². The molecule has 0 bridgehead atoms. The standard InChI is InChI=1S/C15H12INO/c16-12-7-5-11(6-8-12)15(13-3-1-9-17-13)14-4-2-10-18-14/h1-10,15,17H. The third-order valence-corrected chi connectivity index (χ3v) is 3.68. The van der Waals surface area contributed by atoms with E-state index < -0.39 is 0 Å². The maximum Gasteiger partial charge on any atom is 0.117 e. The van der Waals surface area contributed by atoms with Crippen molar-refractivity contribution in [2.75, 3.05) is 0 Å². The zero-order valence-electron chi connectivity index (χ0n) is 9.64. The fraction of sp³-hybridized carbons (Fsp3) is 0.0667. The number of hydrogen-bond acceptors (Lipinski definition) is 1. The Morgan fingerprint density at radius 2 is 1.83 bits per heavy atom. The van der Waals surface area contributed by atoms with E-state index in [4.69, 9.17) is 4.42 Å². The molecule has 1 unspecified atom stereocenters. The van der Waals surface area contributed by atoms with Gasteiger partial charge < -0.3 is 9.40 Å². The maximum atomic E-state index is 5.58. The van der Waals surface area contributed by atoms with E-state index in [-0.39, 0.29) is 5.92 Å². The monoisotopic (exact) mass is 349 g/mol. The van der Waals surface area contributed by atoms with Crippen molar-refractivity contribution in [3.63, 3.8) is 0 Å². The van der Waals surface area contributed by atoms with E-state index in [0.717, 1.165) is 11.5 Å². The van der Waals surface area contributed by atoms with Crippen LogP contribution in [0.5, 0.6) is 0 Å². The van der Waals surface area contributed by atoms with Crippen LogP contribution < -0.4 is 0 Å². The summed E-state index contributed by atoms with van der Waals surface area (Å²) >= 11 is 2.32. The van der Waals surface area contributed by atoms with Crippen molar-refractivity contribution in [3.05, 3.63) is 81.6 Å². The number of rotatable bonds is 3. The van der Waals surface area contributed by atoms with Crippen LogP contribution in [0, 0.1) is 3.57 Å². The number of H-pyrrole nitrogens is 1. The van der Waals surface area contributed by atoms with E-state index >= 15 is 0 Å². The zero-order chi connectivity index (χ0) is 12.4. The number of hydrogen-bond donors (Lipinski definition) is 1. The fourth-order valence-electron chi connectivity index (χ4n) is 2.13. The summed E-state index contributed by atoms with van der Waals surface area (Å²) in [4.78, 5) is 3.28. The van der Waals surface area contributed by atoms with Crippen molar-refractivity contribution in [2.45, 2.75) is 5.92 Å². The summed E-state index contributed by atoms with van der Waals surface area (Å²) in [6.07, 6.45) is 3.66. The van der Waals surface area contributed by atoms with Gasteiger partial charge in [-0.25, -0.2) is 0 Å². The number of halogens is 1. The molecular weight excluding hydrogens is 337 g/mol. The van der Waals surface area contributed by atoms with Crippen molar-refractivity contribution >= 4 is 22.6 Å². The van der Waals surface area contributed by atoms with E-state index in [9.17, 15) is 0 Å². The summed E-state index contributed by atoms with van der Waals surface area (Å²) < 4.78 is 6.82. The lowest BCUT2D eigenvalue weighted by Gasteiger charge is -2.14. The van der Waals surface area contributed by atoms with Gasteiger partial charge in [0, 0.05) is 15.5 Å². The largest absolute Gasteiger partial charge is 0.468 e. The molecule has 0 saturated heterocycles. The highest BCUT2D eigenvalue weighted by Gasteiger charge is 2.19. The molecule has 1 aromatic carbocycles. The SMILES string of the molecule is Ic1ccc(C(c2ccc[nH]2)c2ccco2)cc1. The number of aromatic nitrogens is 1. The Bertz CT molecular complexity index is 562. The average Bonchev–Trinajstić information content (AvgIpc) is 3.06. The van der Waals surface area contributed by atoms with Gasteiger partial charge in [-0.15, -0.1) is 0 Å². The molecule has 3 aromatic rings. The van der Waals surface area contributed by atoms with E-state index in [1.807, 2.05) is 24.4 Å². The lowest BCUT2D eigenvalue weighted by atomic mass is 9.93. The molecule has 2 heterocycles. The van der Waals surface area contributed by atoms with Crippen molar-refractivity contribution in [1.82, 2.24) is 4.98 Å². The Morgan fingerprint density at radius 3 is 2.44 bits per heavy atom. The topological polar surface area (TPSA) is 28.9 Å². The fourth-order valence-corrected chi connectivity index (χ4v) is 2.49. The molecule has 0 aliphatic heterocycles. The number of furan rings is 1. The molecule has 0 spiro atoms. The van der Waals surface area contributed by atoms with Crippen molar-refractivity contribution in [3.8, 4) is 0 Å². The Morgan fingerprint density at radius 1 is 1.00 bits per heavy atom. The molecule has 0 saturated carbocycles. The molecule has 0 radical (unpaired) electrons. The molecule has 0 aliphatic carbocycles. The zero-order valence-corrected chi connectivity index (χ0v) is 11.8. The van der Waals surface area contributed by atoms with E-state index in [1.165, 1.54) is 9.13 Å². The molecule has 3 rings (SSSR count). The van der Waals surface area contributed by atoms with Gasteiger partial charge in [0.1, 0.15) is 5.76 Å². The molecule has 0 fully saturated rings. The highest BCUT2D eigenvalue weighted by molar-refractivity contribution is 14.1. The highest BCUT2D eigenvalue weighted by atomic mass is 127. The number of benzene rings is 1. The molecular formula is C15H12INO. The van der Waals surface area contributed by atoms with Crippen LogP contribution in [0.15, 0.2) is 65.4 Å². The predicted octanol–water partition coefficient (Wildman–Crippen LogP) is 4.39. The van der Waals surface area contributed by atoms with E-state index in [0.29, 0.717) is 0 Å². The van der Waals surface area contributed by atoms with Crippen LogP contribution in [0.25, 0.3) is 0 Å². The van der Waals surface area contributed by atoms with Gasteiger partial charge in [-0.05, 0) is 64.6 Å². The Hall–Kier alpha value is -1.49. The molecule has 1 N–H and O–H groups in total. The van der Waals surface area contributed by atoms with Gasteiger partial charge >= 0.3 is 0 Å². The Balaban J connectivity index is 2.08. The first kappa shape index (κ1) is 11.6. The Labute approximate surface area is 119 Å². The molecule has 1 atom stereocenters. The summed E-state index contributed by atoms with van der Waals surface area (Å²) in [5, 5.41) is 0. The minimum absolute atomic E-state index is 0.131. The first-order chi connectivity index (χ1) is 8.84. The second-order valence-corrected chi connectivity index (χ2v) is 5.37. The molecule has 18 heavy (non-hydrogen) atoms. The van der Waals surface area contributed by atoms with Gasteiger partial charge in [0.2, 0.25) is 0 Å². The van der Waals surface area contributed by atoms with E-state index in [2.05, 4.69) is 57.9 Å². The van der Waals surface area contributed by atoms with Gasteiger partial charge in [0.15, 0.2) is 0 Å². The first-order valence-electron chi connectivity index (χ1n) is 5.77. The van der Waals surface area contributed by atoms with Crippen molar-refractivity contribution in [1.29, 1.82) is 0 Å². The third-order valence-electron chi connectivity index (χ3n) is 2.96. The highest BCUT2D eigenvalue weighted by Crippen LogP contribution is 2.31. The van der Waals surface area contributed by atoms with Crippen molar-refractivity contribution in [2.24, 2.45) is 0 Å². The Kier molecular flexibility index (Phi) is 3.23. The van der Waals surface area contributed by atoms with Gasteiger partial charge in [0.05, 0.1) is 12.2 Å². The van der Waals surface area contributed by atoms with Gasteiger partial charge in [-0.1, -0.05) is 12.1 Å². The van der Waals surface area contributed by atoms with E-state index in [1.54, 1.807) is 6.26 Å². The van der Waals surface area contributed by atoms with Gasteiger partial charge in [0.25, 0.3) is 0 Å². The smallest absolute Gasteiger partial charge is 0.117 e. The van der Waals surface area contributed by atoms with Crippen LogP contribution in [0.3, 0.4) is 0 Å². The van der Waals surface area contributed by atoms with Crippen LogP contribution in [-0.4, -0.2) is 4.98 Å². The quantitative estimate of drug-likeness (QED) is 0.698. The first-order valence-corrected chi connectivity index (χ1v) is 6.84. The second kappa shape index (κ2) is 5.02. The summed E-state index contributed by atoms with van der Waals surface area (Å²) in [6.45, 7) is 0. The summed E-state index contributed by atoms with van der Waals surface area (Å²) in [5.41, 5.74) is 2.37. The number of nitrogens with one attached hydrogen (secondary N) is 1. The molecule has 2 aromatic heterocycles. The van der Waals surface area contributed by atoms with Crippen LogP contribution >= 0.6 is 22.6 Å². The molecule has 0 amide bonds. The van der Waals surface area contributed by atoms with Crippen LogP contribution in [-0.2, 0) is 0 Å². The molecule has 3 heteroatoms. The normalized spacial score (nSPS) is 12.5. The minimum atomic E-state index is 0.131. The predicted molar refractivity (Wildman–Crippen MR) is 79.6 cm³/mol. The molecule has 90 valence electrons. The van der Waals surface area contributed by atoms with Crippen LogP contribution in [0.4, 0.5) is 0 Å². The molecule has 0 aliphatic rings. The summed E-state index contributed by atoms with van der Waals surface area (Å²) in [7, 11) is 0. The lowest BCUT2D eigenvalue weighted by molar-refractivity contribution is 0.501. The van der Waals surface area contributed by atoms with Crippen LogP contribution in [0.2, 0.25) is 0 Å². The van der Waals surface area contributed by atoms with Gasteiger partial charge in [-0.3, -0.25) is 0 Å². The minimum Gasteiger partial charge on any atom is -0.468 e. The lowest BCUT2D eigenvalue weighted by Crippen LogP contribution is -2.02. The third kappa shape index (κ3) is 2.22. The maximum absolute atomic E-state index is 5.58. The summed E-state index contributed by atoms with van der Waals surface area (Å²) in [6, 6.07) is 16.6. The van der Waals surface area contributed by atoms with Crippen molar-refractivity contribution < 1.29 is 4.42 Å². The number of aromatic amines is 1.